The molecule has 0 saturated carbocycles. The molecule has 3 aromatic heterocycles. The van der Waals surface area contributed by atoms with E-state index in [-0.39, 0.29) is 0 Å². The first-order chi connectivity index (χ1) is 7.27. The van der Waals surface area contributed by atoms with E-state index in [1.54, 1.807) is 12.3 Å². The molecule has 0 spiro atoms. The van der Waals surface area contributed by atoms with Gasteiger partial charge in [-0.15, -0.1) is 0 Å². The number of aryl methyl sites for hydroxylation is 1. The molecule has 3 aromatic rings. The van der Waals surface area contributed by atoms with Gasteiger partial charge in [0.05, 0.1) is 11.0 Å². The van der Waals surface area contributed by atoms with Crippen molar-refractivity contribution < 1.29 is 0 Å². The smallest absolute Gasteiger partial charge is 0.144 e. The highest BCUT2D eigenvalue weighted by Gasteiger charge is 2.09. The maximum atomic E-state index is 5.87. The van der Waals surface area contributed by atoms with Crippen LogP contribution in [0.1, 0.15) is 0 Å². The molecule has 4 heteroatoms. The Labute approximate surface area is 91.3 Å². The molecular weight excluding hydrogens is 210 g/mol. The molecule has 3 rings (SSSR count). The highest BCUT2D eigenvalue weighted by Crippen LogP contribution is 2.25. The largest absolute Gasteiger partial charge is 0.327 e. The molecule has 0 aromatic carbocycles. The Balaban J connectivity index is 2.63. The van der Waals surface area contributed by atoms with Crippen molar-refractivity contribution in [1.82, 2.24) is 14.5 Å². The third-order valence-electron chi connectivity index (χ3n) is 2.56. The lowest BCUT2D eigenvalue weighted by molar-refractivity contribution is 0.988. The van der Waals surface area contributed by atoms with E-state index in [0.29, 0.717) is 5.15 Å². The second-order valence-electron chi connectivity index (χ2n) is 3.44. The summed E-state index contributed by atoms with van der Waals surface area (Å²) in [6, 6.07) is 7.69. The van der Waals surface area contributed by atoms with Gasteiger partial charge in [-0.05, 0) is 24.3 Å². The summed E-state index contributed by atoms with van der Waals surface area (Å²) in [6.07, 6.45) is 1.79. The summed E-state index contributed by atoms with van der Waals surface area (Å²) in [5, 5.41) is 1.55. The first-order valence-electron chi connectivity index (χ1n) is 4.63. The first kappa shape index (κ1) is 8.68. The van der Waals surface area contributed by atoms with Crippen LogP contribution in [0, 0.1) is 0 Å². The number of halogens is 1. The van der Waals surface area contributed by atoms with Gasteiger partial charge in [-0.3, -0.25) is 4.98 Å². The lowest BCUT2D eigenvalue weighted by atomic mass is 10.3. The van der Waals surface area contributed by atoms with Gasteiger partial charge in [-0.1, -0.05) is 11.6 Å². The highest BCUT2D eigenvalue weighted by molar-refractivity contribution is 6.30. The molecule has 74 valence electrons. The molecule has 0 aliphatic rings. The number of hydrogen-bond acceptors (Lipinski definition) is 2. The van der Waals surface area contributed by atoms with Gasteiger partial charge in [0.15, 0.2) is 0 Å². The molecule has 3 nitrogen and oxygen atoms in total. The van der Waals surface area contributed by atoms with Gasteiger partial charge in [0.2, 0.25) is 0 Å². The fraction of sp³-hybridized carbons (Fsp3) is 0.0909. The van der Waals surface area contributed by atoms with Crippen LogP contribution in [0.2, 0.25) is 5.15 Å². The molecule has 0 saturated heterocycles. The third kappa shape index (κ3) is 1.13. The molecule has 0 atom stereocenters. The van der Waals surface area contributed by atoms with Crippen molar-refractivity contribution in [3.63, 3.8) is 0 Å². The summed E-state index contributed by atoms with van der Waals surface area (Å²) in [4.78, 5) is 8.66. The van der Waals surface area contributed by atoms with Crippen LogP contribution < -0.4 is 0 Å². The molecule has 0 radical (unpaired) electrons. The maximum Gasteiger partial charge on any atom is 0.144 e. The van der Waals surface area contributed by atoms with E-state index in [1.165, 1.54) is 0 Å². The summed E-state index contributed by atoms with van der Waals surface area (Å²) in [6.45, 7) is 0. The van der Waals surface area contributed by atoms with Crippen molar-refractivity contribution in [1.29, 1.82) is 0 Å². The third-order valence-corrected chi connectivity index (χ3v) is 2.77. The van der Waals surface area contributed by atoms with Crippen molar-refractivity contribution in [2.24, 2.45) is 7.05 Å². The molecule has 0 aliphatic heterocycles. The summed E-state index contributed by atoms with van der Waals surface area (Å²) in [7, 11) is 1.97. The molecule has 0 fully saturated rings. The van der Waals surface area contributed by atoms with Gasteiger partial charge < -0.3 is 4.57 Å². The van der Waals surface area contributed by atoms with Crippen molar-refractivity contribution >= 4 is 33.7 Å². The number of fused-ring (bicyclic) bond motifs is 3. The lowest BCUT2D eigenvalue weighted by Gasteiger charge is -1.95. The van der Waals surface area contributed by atoms with Crippen molar-refractivity contribution in [2.75, 3.05) is 0 Å². The van der Waals surface area contributed by atoms with E-state index in [0.717, 1.165) is 22.1 Å². The van der Waals surface area contributed by atoms with E-state index in [9.17, 15) is 0 Å². The fourth-order valence-electron chi connectivity index (χ4n) is 1.85. The Hall–Kier alpha value is -1.61. The molecule has 15 heavy (non-hydrogen) atoms. The SMILES string of the molecule is Cn1c2cccnc2c2ccc(Cl)nc21. The standard InChI is InChI=1S/C11H8ClN3/c1-15-8-3-2-6-13-10(8)7-4-5-9(12)14-11(7)15/h2-6H,1H3. The summed E-state index contributed by atoms with van der Waals surface area (Å²) < 4.78 is 2.00. The Bertz CT molecular complexity index is 657. The zero-order chi connectivity index (χ0) is 10.4. The second kappa shape index (κ2) is 2.94. The van der Waals surface area contributed by atoms with Crippen LogP contribution in [-0.2, 0) is 7.05 Å². The maximum absolute atomic E-state index is 5.87. The van der Waals surface area contributed by atoms with Crippen LogP contribution in [0.3, 0.4) is 0 Å². The van der Waals surface area contributed by atoms with E-state index in [1.807, 2.05) is 29.8 Å². The Morgan fingerprint density at radius 2 is 2.13 bits per heavy atom. The molecular formula is C11H8ClN3. The Morgan fingerprint density at radius 3 is 3.00 bits per heavy atom. The van der Waals surface area contributed by atoms with Crippen LogP contribution in [-0.4, -0.2) is 14.5 Å². The number of nitrogens with zero attached hydrogens (tertiary/aromatic N) is 3. The topological polar surface area (TPSA) is 30.7 Å². The van der Waals surface area contributed by atoms with Crippen molar-refractivity contribution in [2.45, 2.75) is 0 Å². The Morgan fingerprint density at radius 1 is 1.27 bits per heavy atom. The predicted octanol–water partition coefficient (Wildman–Crippen LogP) is 2.77. The van der Waals surface area contributed by atoms with Crippen molar-refractivity contribution in [3.8, 4) is 0 Å². The highest BCUT2D eigenvalue weighted by atomic mass is 35.5. The van der Waals surface area contributed by atoms with Gasteiger partial charge in [0, 0.05) is 18.6 Å². The summed E-state index contributed by atoms with van der Waals surface area (Å²) in [5.74, 6) is 0. The number of hydrogen-bond donors (Lipinski definition) is 0. The number of pyridine rings is 2. The monoisotopic (exact) mass is 217 g/mol. The van der Waals surface area contributed by atoms with Gasteiger partial charge >= 0.3 is 0 Å². The van der Waals surface area contributed by atoms with Gasteiger partial charge in [-0.2, -0.15) is 0 Å². The minimum Gasteiger partial charge on any atom is -0.327 e. The number of rotatable bonds is 0. The molecule has 3 heterocycles. The second-order valence-corrected chi connectivity index (χ2v) is 3.82. The number of aromatic nitrogens is 3. The summed E-state index contributed by atoms with van der Waals surface area (Å²) in [5.41, 5.74) is 2.91. The minimum absolute atomic E-state index is 0.508. The zero-order valence-electron chi connectivity index (χ0n) is 8.11. The van der Waals surface area contributed by atoms with Gasteiger partial charge in [-0.25, -0.2) is 4.98 Å². The van der Waals surface area contributed by atoms with Crippen LogP contribution in [0.5, 0.6) is 0 Å². The molecule has 0 amide bonds. The van der Waals surface area contributed by atoms with E-state index in [4.69, 9.17) is 11.6 Å². The average molecular weight is 218 g/mol. The first-order valence-corrected chi connectivity index (χ1v) is 5.01. The van der Waals surface area contributed by atoms with Gasteiger partial charge in [0.1, 0.15) is 10.8 Å². The van der Waals surface area contributed by atoms with Crippen LogP contribution in [0.15, 0.2) is 30.5 Å². The quantitative estimate of drug-likeness (QED) is 0.542. The molecule has 0 N–H and O–H groups in total. The lowest BCUT2D eigenvalue weighted by Crippen LogP contribution is -1.89. The Kier molecular flexibility index (Phi) is 1.70. The van der Waals surface area contributed by atoms with Gasteiger partial charge in [0.25, 0.3) is 0 Å². The normalized spacial score (nSPS) is 11.3. The molecule has 0 unspecified atom stereocenters. The summed E-state index contributed by atoms with van der Waals surface area (Å²) >= 11 is 5.87. The van der Waals surface area contributed by atoms with Crippen LogP contribution in [0.4, 0.5) is 0 Å². The average Bonchev–Trinajstić information content (AvgIpc) is 2.54. The van der Waals surface area contributed by atoms with Crippen LogP contribution >= 0.6 is 11.6 Å². The predicted molar refractivity (Wildman–Crippen MR) is 61.0 cm³/mol. The molecule has 0 aliphatic carbocycles. The van der Waals surface area contributed by atoms with Crippen LogP contribution in [0.25, 0.3) is 22.1 Å². The van der Waals surface area contributed by atoms with Crippen molar-refractivity contribution in [3.05, 3.63) is 35.6 Å². The molecule has 0 bridgehead atoms. The van der Waals surface area contributed by atoms with E-state index in [2.05, 4.69) is 9.97 Å². The van der Waals surface area contributed by atoms with E-state index < -0.39 is 0 Å². The zero-order valence-corrected chi connectivity index (χ0v) is 8.86. The fourth-order valence-corrected chi connectivity index (χ4v) is 2.00. The minimum atomic E-state index is 0.508. The van der Waals surface area contributed by atoms with E-state index >= 15 is 0 Å².